The van der Waals surface area contributed by atoms with Gasteiger partial charge in [-0.15, -0.1) is 0 Å². The van der Waals surface area contributed by atoms with Gasteiger partial charge in [-0.3, -0.25) is 67.3 Å². The van der Waals surface area contributed by atoms with Crippen molar-refractivity contribution in [3.05, 3.63) is 29.8 Å². The quantitative estimate of drug-likeness (QED) is 0.0182. The van der Waals surface area contributed by atoms with Crippen molar-refractivity contribution in [2.75, 3.05) is 39.3 Å². The van der Waals surface area contributed by atoms with Crippen molar-refractivity contribution in [2.24, 2.45) is 39.8 Å². The first-order valence-corrected chi connectivity index (χ1v) is 34.7. The normalized spacial score (nSPS) is 22.0. The number of carboxylic acids is 1. The molecular weight excluding hydrogens is 1300 g/mol. The molecule has 554 valence electrons. The smallest absolute Gasteiger partial charge is 0.326 e. The molecular formula is C66H103N17O17. The largest absolute Gasteiger partial charge is 0.508 e. The number of phenolic OH excluding ortho intramolecular Hbond substituents is 1. The molecule has 5 aliphatic heterocycles. The van der Waals surface area contributed by atoms with Gasteiger partial charge in [0.15, 0.2) is 5.96 Å². The third-order valence-corrected chi connectivity index (χ3v) is 19.2. The number of likely N-dealkylation sites (tertiary alicyclic amines) is 5. The Bertz CT molecular complexity index is 3190. The van der Waals surface area contributed by atoms with Gasteiger partial charge >= 0.3 is 5.97 Å². The van der Waals surface area contributed by atoms with Gasteiger partial charge in [0.05, 0.1) is 12.5 Å². The summed E-state index contributed by atoms with van der Waals surface area (Å²) in [6.07, 6.45) is 1.43. The van der Waals surface area contributed by atoms with Gasteiger partial charge in [-0.05, 0) is 134 Å². The van der Waals surface area contributed by atoms with Crippen LogP contribution in [0.15, 0.2) is 29.3 Å². The number of aliphatic carboxylic acids is 1. The van der Waals surface area contributed by atoms with Crippen LogP contribution in [0.4, 0.5) is 0 Å². The fourth-order valence-electron chi connectivity index (χ4n) is 13.5. The molecule has 34 nitrogen and oxygen atoms in total. The van der Waals surface area contributed by atoms with E-state index >= 15 is 0 Å². The number of carbonyl (C=O) groups excluding carboxylic acids is 13. The summed E-state index contributed by atoms with van der Waals surface area (Å²) in [6.45, 7) is 11.8. The second-order valence-electron chi connectivity index (χ2n) is 27.2. The summed E-state index contributed by atoms with van der Waals surface area (Å²) in [5.74, 6) is -11.8. The van der Waals surface area contributed by atoms with Gasteiger partial charge in [-0.1, -0.05) is 46.2 Å². The average Bonchev–Trinajstić information content (AvgIpc) is 1.65. The van der Waals surface area contributed by atoms with E-state index in [1.54, 1.807) is 27.7 Å². The number of guanidine groups is 1. The van der Waals surface area contributed by atoms with Crippen molar-refractivity contribution in [1.29, 1.82) is 0 Å². The Morgan fingerprint density at radius 1 is 0.530 bits per heavy atom. The molecule has 1 aromatic rings. The van der Waals surface area contributed by atoms with Crippen molar-refractivity contribution in [1.82, 2.24) is 61.7 Å². The van der Waals surface area contributed by atoms with Crippen molar-refractivity contribution in [2.45, 2.75) is 236 Å². The van der Waals surface area contributed by atoms with Crippen LogP contribution in [0.25, 0.3) is 0 Å². The summed E-state index contributed by atoms with van der Waals surface area (Å²) in [5.41, 5.74) is 23.2. The maximum atomic E-state index is 15.0. The Balaban J connectivity index is 1.13. The molecule has 0 unspecified atom stereocenters. The van der Waals surface area contributed by atoms with Gasteiger partial charge in [-0.25, -0.2) is 4.79 Å². The molecule has 1 aromatic carbocycles. The lowest BCUT2D eigenvalue weighted by molar-refractivity contribution is -0.148. The van der Waals surface area contributed by atoms with E-state index in [1.165, 1.54) is 69.5 Å². The number of hydrogen-bond acceptors (Lipinski definition) is 18. The highest BCUT2D eigenvalue weighted by atomic mass is 16.4. The van der Waals surface area contributed by atoms with Gasteiger partial charge in [0.25, 0.3) is 0 Å². The highest BCUT2D eigenvalue weighted by Crippen LogP contribution is 2.29. The number of benzene rings is 1. The molecule has 0 aromatic heterocycles. The van der Waals surface area contributed by atoms with Gasteiger partial charge in [0.2, 0.25) is 76.8 Å². The van der Waals surface area contributed by atoms with Crippen LogP contribution in [0.3, 0.4) is 0 Å². The zero-order chi connectivity index (χ0) is 74.0. The number of amides is 13. The fourth-order valence-corrected chi connectivity index (χ4v) is 13.5. The SMILES string of the molecule is CC[C@H](C)[C@H](NC(=O)[C@@H]1CCCN1C(=O)[C@H](C)NC(=O)[C@H](CC(N)=O)NC(=O)[C@@H]1CCCN1C(=O)[C@@H]1CCCN1C(=O)[C@H](CCCN=C(N)N)NC(=O)[C@H](Cc1ccc(O)cc1)NC(=O)[C@H](C)NC(=O)[C@@H]1CCCN1C(=O)[C@@H]1CCCN1C(=O)[C@@H](N)[C@@H](C)O)C(=O)N[C@@H](CC(C)C)C(=O)O. The molecule has 5 aliphatic rings. The Kier molecular flexibility index (Phi) is 29.3. The number of hydrogen-bond donors (Lipinski definition) is 14. The molecule has 6 rings (SSSR count). The number of aromatic hydroxyl groups is 1. The van der Waals surface area contributed by atoms with E-state index in [0.29, 0.717) is 50.5 Å². The third-order valence-electron chi connectivity index (χ3n) is 19.2. The monoisotopic (exact) mass is 1410 g/mol. The Hall–Kier alpha value is -9.21. The molecule has 0 aliphatic carbocycles. The molecule has 34 heteroatoms. The number of nitrogens with one attached hydrogen (secondary N) is 7. The summed E-state index contributed by atoms with van der Waals surface area (Å²) < 4.78 is 0. The minimum Gasteiger partial charge on any atom is -0.508 e. The Labute approximate surface area is 581 Å². The number of rotatable bonds is 33. The van der Waals surface area contributed by atoms with Gasteiger partial charge in [0, 0.05) is 45.7 Å². The number of nitrogens with zero attached hydrogens (tertiary/aromatic N) is 6. The van der Waals surface area contributed by atoms with E-state index in [4.69, 9.17) is 22.9 Å². The van der Waals surface area contributed by atoms with Crippen molar-refractivity contribution in [3.63, 3.8) is 0 Å². The summed E-state index contributed by atoms with van der Waals surface area (Å²) >= 11 is 0. The molecule has 100 heavy (non-hydrogen) atoms. The molecule has 5 saturated heterocycles. The van der Waals surface area contributed by atoms with Crippen LogP contribution < -0.4 is 60.2 Å². The number of carbonyl (C=O) groups is 14. The molecule has 0 saturated carbocycles. The first-order valence-electron chi connectivity index (χ1n) is 34.7. The molecule has 0 bridgehead atoms. The zero-order valence-electron chi connectivity index (χ0n) is 58.2. The van der Waals surface area contributed by atoms with Crippen LogP contribution in [0.5, 0.6) is 5.75 Å². The van der Waals surface area contributed by atoms with Crippen LogP contribution in [0.1, 0.15) is 150 Å². The fraction of sp³-hybridized carbons (Fsp3) is 0.682. The van der Waals surface area contributed by atoms with Crippen LogP contribution in [0, 0.1) is 11.8 Å². The average molecular weight is 1410 g/mol. The number of aliphatic hydroxyl groups is 1. The standard InChI is InChI=1S/C66H103N17O17/c1-8-35(4)52(59(93)77-44(65(99)100)31-34(2)3)78-58(92)47-18-10-26-79(47)60(94)37(6)73-54(88)43(33-50(67)86)76-57(91)46-17-12-28-81(46)62(96)48-19-13-29-82(48)61(95)41(15-9-25-71-66(69)70)74-55(89)42(32-39-21-23-40(85)24-22-39)75-53(87)36(5)72-56(90)45-16-11-27-80(45)63(97)49-20-14-30-83(49)64(98)51(68)38(7)84/h21-24,34-38,41-49,51-52,84-85H,8-20,25-33,68H2,1-7H3,(H2,67,86)(H,72,90)(H,73,88)(H,74,89)(H,75,87)(H,76,91)(H,77,93)(H,78,92)(H,99,100)(H4,69,70,71)/t35-,36-,37-,38+,41-,42-,43-,44-,45-,46-,47-,48-,49-,51-,52-/m0/s1. The number of aliphatic imine (C=N–C) groups is 1. The lowest BCUT2D eigenvalue weighted by Gasteiger charge is -2.34. The van der Waals surface area contributed by atoms with E-state index < -0.39 is 180 Å². The molecule has 18 N–H and O–H groups in total. The second-order valence-corrected chi connectivity index (χ2v) is 27.2. The van der Waals surface area contributed by atoms with Gasteiger partial charge in [-0.2, -0.15) is 0 Å². The first-order chi connectivity index (χ1) is 47.2. The lowest BCUT2D eigenvalue weighted by atomic mass is 9.96. The molecule has 15 atom stereocenters. The highest BCUT2D eigenvalue weighted by Gasteiger charge is 2.47. The number of phenols is 1. The minimum absolute atomic E-state index is 0.0140. The lowest BCUT2D eigenvalue weighted by Crippen LogP contribution is -2.60. The summed E-state index contributed by atoms with van der Waals surface area (Å²) in [5, 5.41) is 48.3. The number of primary amides is 1. The van der Waals surface area contributed by atoms with Crippen LogP contribution in [-0.2, 0) is 73.5 Å². The number of aliphatic hydroxyl groups excluding tert-OH is 1. The molecule has 5 fully saturated rings. The van der Waals surface area contributed by atoms with E-state index in [9.17, 15) is 82.4 Å². The minimum atomic E-state index is -1.66. The summed E-state index contributed by atoms with van der Waals surface area (Å²) in [4.78, 5) is 205. The number of nitrogens with two attached hydrogens (primary N) is 4. The number of carboxylic acid groups (broad SMARTS) is 1. The van der Waals surface area contributed by atoms with Crippen molar-refractivity contribution >= 4 is 88.7 Å². The summed E-state index contributed by atoms with van der Waals surface area (Å²) in [6, 6.07) is -10.4. The Morgan fingerprint density at radius 3 is 1.49 bits per heavy atom. The maximum absolute atomic E-state index is 15.0. The third kappa shape index (κ3) is 21.2. The molecule has 13 amide bonds. The van der Waals surface area contributed by atoms with Crippen LogP contribution >= 0.6 is 0 Å². The summed E-state index contributed by atoms with van der Waals surface area (Å²) in [7, 11) is 0. The topological polar surface area (TPSA) is 517 Å². The van der Waals surface area contributed by atoms with Gasteiger partial charge < -0.3 is 100.0 Å². The predicted molar refractivity (Wildman–Crippen MR) is 360 cm³/mol. The van der Waals surface area contributed by atoms with Crippen LogP contribution in [0.2, 0.25) is 0 Å². The highest BCUT2D eigenvalue weighted by molar-refractivity contribution is 6.01. The van der Waals surface area contributed by atoms with Crippen molar-refractivity contribution < 1.29 is 82.4 Å². The van der Waals surface area contributed by atoms with Crippen LogP contribution in [-0.4, -0.2) is 252 Å². The van der Waals surface area contributed by atoms with E-state index in [2.05, 4.69) is 42.2 Å². The van der Waals surface area contributed by atoms with E-state index in [1.807, 2.05) is 0 Å². The van der Waals surface area contributed by atoms with Crippen molar-refractivity contribution in [3.8, 4) is 5.75 Å². The maximum Gasteiger partial charge on any atom is 0.326 e. The first kappa shape index (κ1) is 79.8. The Morgan fingerprint density at radius 2 is 0.990 bits per heavy atom. The van der Waals surface area contributed by atoms with Gasteiger partial charge in [0.1, 0.15) is 84.3 Å². The molecule has 0 spiro atoms. The predicted octanol–water partition coefficient (Wildman–Crippen LogP) is -3.86. The molecule has 0 radical (unpaired) electrons. The zero-order valence-corrected chi connectivity index (χ0v) is 58.2. The molecule has 5 heterocycles. The van der Waals surface area contributed by atoms with E-state index in [0.717, 1.165) is 0 Å². The second kappa shape index (κ2) is 36.7. The van der Waals surface area contributed by atoms with E-state index in [-0.39, 0.29) is 108 Å².